The van der Waals surface area contributed by atoms with Crippen LogP contribution >= 0.6 is 0 Å². The SMILES string of the molecule is CC=N.N.N. The molecule has 0 aromatic carbocycles. The monoisotopic (exact) mass is 77.1 g/mol. The molecule has 0 bridgehead atoms. The second kappa shape index (κ2) is 69.2. The third-order valence-corrected chi connectivity index (χ3v) is 0. The zero-order valence-electron chi connectivity index (χ0n) is 3.49. The van der Waals surface area contributed by atoms with E-state index < -0.39 is 0 Å². The van der Waals surface area contributed by atoms with Crippen LogP contribution in [-0.2, 0) is 0 Å². The van der Waals surface area contributed by atoms with Crippen LogP contribution in [0.4, 0.5) is 0 Å². The Morgan fingerprint density at radius 2 is 1.40 bits per heavy atom. The Hall–Kier alpha value is -0.410. The molecule has 0 saturated carbocycles. The van der Waals surface area contributed by atoms with Crippen LogP contribution in [-0.4, -0.2) is 6.21 Å². The standard InChI is InChI=1S/C2H5N.2H3N/c1-2-3;;/h2-3H,1H3;2*1H3. The van der Waals surface area contributed by atoms with E-state index in [4.69, 9.17) is 5.41 Å². The Balaban J connectivity index is -0.0000000200. The first-order chi connectivity index (χ1) is 1.41. The third-order valence-electron chi connectivity index (χ3n) is 0. The second-order valence-electron chi connectivity index (χ2n) is 0.289. The van der Waals surface area contributed by atoms with Gasteiger partial charge in [-0.15, -0.1) is 0 Å². The van der Waals surface area contributed by atoms with Crippen molar-refractivity contribution < 1.29 is 0 Å². The maximum absolute atomic E-state index is 6.08. The van der Waals surface area contributed by atoms with E-state index in [1.807, 2.05) is 0 Å². The molecule has 0 aromatic rings. The topological polar surface area (TPSA) is 93.8 Å². The van der Waals surface area contributed by atoms with Gasteiger partial charge in [-0.05, 0) is 13.1 Å². The summed E-state index contributed by atoms with van der Waals surface area (Å²) < 4.78 is 0. The van der Waals surface area contributed by atoms with Crippen LogP contribution < -0.4 is 12.3 Å². The minimum atomic E-state index is 0. The first-order valence-electron chi connectivity index (χ1n) is 0.866. The van der Waals surface area contributed by atoms with Crippen molar-refractivity contribution in [2.45, 2.75) is 6.92 Å². The number of nitrogens with one attached hydrogen (secondary N) is 1. The van der Waals surface area contributed by atoms with Crippen LogP contribution in [0, 0.1) is 5.41 Å². The number of hydrogen-bond donors (Lipinski definition) is 3. The second-order valence-corrected chi connectivity index (χ2v) is 0.289. The van der Waals surface area contributed by atoms with Gasteiger partial charge < -0.3 is 17.7 Å². The molecule has 0 heterocycles. The first-order valence-corrected chi connectivity index (χ1v) is 0.866. The first kappa shape index (κ1) is 23.4. The lowest BCUT2D eigenvalue weighted by atomic mass is 10.9. The van der Waals surface area contributed by atoms with E-state index in [9.17, 15) is 0 Å². The van der Waals surface area contributed by atoms with Crippen LogP contribution in [0.2, 0.25) is 0 Å². The molecule has 0 saturated heterocycles. The van der Waals surface area contributed by atoms with Crippen LogP contribution in [0.5, 0.6) is 0 Å². The zero-order valence-corrected chi connectivity index (χ0v) is 3.49. The summed E-state index contributed by atoms with van der Waals surface area (Å²) in [6.45, 7) is 1.67. The van der Waals surface area contributed by atoms with Gasteiger partial charge in [0.25, 0.3) is 0 Å². The van der Waals surface area contributed by atoms with Gasteiger partial charge in [0.2, 0.25) is 0 Å². The van der Waals surface area contributed by atoms with Crippen LogP contribution in [0.15, 0.2) is 0 Å². The molecule has 0 fully saturated rings. The summed E-state index contributed by atoms with van der Waals surface area (Å²) in [5, 5.41) is 6.08. The highest BCUT2D eigenvalue weighted by molar-refractivity contribution is 5.48. The Bertz CT molecular complexity index is 12.4. The van der Waals surface area contributed by atoms with Crippen molar-refractivity contribution in [3.8, 4) is 0 Å². The van der Waals surface area contributed by atoms with E-state index in [-0.39, 0.29) is 12.3 Å². The van der Waals surface area contributed by atoms with Crippen molar-refractivity contribution in [2.24, 2.45) is 0 Å². The van der Waals surface area contributed by atoms with Crippen LogP contribution in [0.1, 0.15) is 6.92 Å². The third kappa shape index (κ3) is 54.0. The van der Waals surface area contributed by atoms with Gasteiger partial charge in [0.15, 0.2) is 0 Å². The highest BCUT2D eigenvalue weighted by atomic mass is 14.3. The lowest BCUT2D eigenvalue weighted by Gasteiger charge is -1.30. The van der Waals surface area contributed by atoms with Crippen molar-refractivity contribution in [3.05, 3.63) is 0 Å². The smallest absolute Gasteiger partial charge is 0.00788 e. The van der Waals surface area contributed by atoms with E-state index in [1.54, 1.807) is 6.92 Å². The average molecular weight is 77.1 g/mol. The maximum atomic E-state index is 6.08. The van der Waals surface area contributed by atoms with E-state index in [0.29, 0.717) is 0 Å². The molecule has 34 valence electrons. The molecular weight excluding hydrogens is 66.0 g/mol. The van der Waals surface area contributed by atoms with Crippen LogP contribution in [0.3, 0.4) is 0 Å². The molecule has 0 spiro atoms. The van der Waals surface area contributed by atoms with Gasteiger partial charge in [0, 0.05) is 0 Å². The fraction of sp³-hybridized carbons (Fsp3) is 0.500. The summed E-state index contributed by atoms with van der Waals surface area (Å²) in [5.41, 5.74) is 0. The van der Waals surface area contributed by atoms with Gasteiger partial charge in [-0.2, -0.15) is 0 Å². The van der Waals surface area contributed by atoms with Crippen molar-refractivity contribution in [1.29, 1.82) is 5.41 Å². The highest BCUT2D eigenvalue weighted by Gasteiger charge is 1.17. The van der Waals surface area contributed by atoms with Gasteiger partial charge in [-0.3, -0.25) is 0 Å². The molecule has 0 aliphatic heterocycles. The molecular formula is C2H11N3. The van der Waals surface area contributed by atoms with Gasteiger partial charge in [0.1, 0.15) is 0 Å². The van der Waals surface area contributed by atoms with Gasteiger partial charge in [-0.1, -0.05) is 0 Å². The van der Waals surface area contributed by atoms with E-state index in [2.05, 4.69) is 0 Å². The fourth-order valence-electron chi connectivity index (χ4n) is 0. The minimum Gasteiger partial charge on any atom is -0.344 e. The molecule has 0 unspecified atom stereocenters. The largest absolute Gasteiger partial charge is 0.344 e. The van der Waals surface area contributed by atoms with E-state index >= 15 is 0 Å². The van der Waals surface area contributed by atoms with Crippen molar-refractivity contribution in [3.63, 3.8) is 0 Å². The van der Waals surface area contributed by atoms with Crippen molar-refractivity contribution in [1.82, 2.24) is 12.3 Å². The van der Waals surface area contributed by atoms with E-state index in [0.717, 1.165) is 0 Å². The Morgan fingerprint density at radius 1 is 1.40 bits per heavy atom. The minimum absolute atomic E-state index is 0. The molecule has 0 radical (unpaired) electrons. The Labute approximate surface area is 32.1 Å². The highest BCUT2D eigenvalue weighted by Crippen LogP contribution is 1.16. The number of rotatable bonds is 0. The summed E-state index contributed by atoms with van der Waals surface area (Å²) in [6, 6.07) is 0. The Morgan fingerprint density at radius 3 is 1.40 bits per heavy atom. The molecule has 3 nitrogen and oxygen atoms in total. The average Bonchev–Trinajstić information content (AvgIpc) is 0.918. The predicted molar refractivity (Wildman–Crippen MR) is 24.5 cm³/mol. The Kier molecular flexibility index (Phi) is 324. The molecule has 0 rings (SSSR count). The van der Waals surface area contributed by atoms with Crippen LogP contribution in [0.25, 0.3) is 0 Å². The lowest BCUT2D eigenvalue weighted by Crippen LogP contribution is -1.32. The molecule has 0 aromatic heterocycles. The molecule has 0 aliphatic rings. The summed E-state index contributed by atoms with van der Waals surface area (Å²) in [7, 11) is 0. The summed E-state index contributed by atoms with van der Waals surface area (Å²) in [6.07, 6.45) is 1.25. The zero-order chi connectivity index (χ0) is 2.71. The van der Waals surface area contributed by atoms with Gasteiger partial charge in [-0.25, -0.2) is 0 Å². The molecule has 0 amide bonds. The summed E-state index contributed by atoms with van der Waals surface area (Å²) >= 11 is 0. The summed E-state index contributed by atoms with van der Waals surface area (Å²) in [5.74, 6) is 0. The number of hydrogen-bond acceptors (Lipinski definition) is 3. The predicted octanol–water partition coefficient (Wildman–Crippen LogP) is 0.980. The molecule has 5 heavy (non-hydrogen) atoms. The van der Waals surface area contributed by atoms with Crippen molar-refractivity contribution in [2.75, 3.05) is 0 Å². The van der Waals surface area contributed by atoms with E-state index in [1.165, 1.54) is 6.21 Å². The summed E-state index contributed by atoms with van der Waals surface area (Å²) in [4.78, 5) is 0. The molecule has 7 N–H and O–H groups in total. The maximum Gasteiger partial charge on any atom is -0.00788 e. The lowest BCUT2D eigenvalue weighted by molar-refractivity contribution is 1.55. The molecule has 0 atom stereocenters. The van der Waals surface area contributed by atoms with Gasteiger partial charge in [0.05, 0.1) is 0 Å². The normalized spacial score (nSPS) is 2.60. The fourth-order valence-corrected chi connectivity index (χ4v) is 0. The van der Waals surface area contributed by atoms with Gasteiger partial charge >= 0.3 is 0 Å². The molecule has 0 aliphatic carbocycles. The van der Waals surface area contributed by atoms with Crippen molar-refractivity contribution >= 4 is 6.21 Å². The quantitative estimate of drug-likeness (QED) is 0.376. The molecule has 3 heteroatoms.